The molecule has 0 aromatic heterocycles. The van der Waals surface area contributed by atoms with Crippen LogP contribution < -0.4 is 4.90 Å². The van der Waals surface area contributed by atoms with Crippen LogP contribution in [0.1, 0.15) is 48.0 Å². The van der Waals surface area contributed by atoms with Crippen LogP contribution in [0.3, 0.4) is 0 Å². The molecule has 0 radical (unpaired) electrons. The molecule has 2 fully saturated rings. The van der Waals surface area contributed by atoms with Crippen LogP contribution in [0.25, 0.3) is 6.08 Å². The molecule has 2 aromatic carbocycles. The molecule has 1 saturated heterocycles. The first-order valence-corrected chi connectivity index (χ1v) is 12.9. The molecule has 0 atom stereocenters. The SMILES string of the molecule is CN1C(=O)C(=Cc2ccccc2F)Sc2ccc(C(=O)N3CCN(C4CCCCC4)CC3)cc21. The lowest BCUT2D eigenvalue weighted by atomic mass is 9.94. The quantitative estimate of drug-likeness (QED) is 0.580. The summed E-state index contributed by atoms with van der Waals surface area (Å²) in [6.45, 7) is 3.34. The molecule has 0 bridgehead atoms. The number of rotatable bonds is 3. The van der Waals surface area contributed by atoms with Crippen molar-refractivity contribution < 1.29 is 14.0 Å². The highest BCUT2D eigenvalue weighted by Crippen LogP contribution is 2.42. The van der Waals surface area contributed by atoms with Gasteiger partial charge >= 0.3 is 0 Å². The van der Waals surface area contributed by atoms with E-state index in [2.05, 4.69) is 4.90 Å². The van der Waals surface area contributed by atoms with Crippen LogP contribution in [-0.2, 0) is 4.79 Å². The van der Waals surface area contributed by atoms with Gasteiger partial charge in [0.1, 0.15) is 5.82 Å². The Morgan fingerprint density at radius 1 is 1.03 bits per heavy atom. The van der Waals surface area contributed by atoms with E-state index >= 15 is 0 Å². The lowest BCUT2D eigenvalue weighted by Gasteiger charge is -2.40. The van der Waals surface area contributed by atoms with Crippen LogP contribution in [0, 0.1) is 5.82 Å². The van der Waals surface area contributed by atoms with Crippen molar-refractivity contribution in [3.63, 3.8) is 0 Å². The Balaban J connectivity index is 1.29. The number of halogens is 1. The van der Waals surface area contributed by atoms with E-state index in [0.717, 1.165) is 31.1 Å². The molecule has 5 rings (SSSR count). The molecule has 2 aliphatic heterocycles. The minimum atomic E-state index is -0.360. The van der Waals surface area contributed by atoms with Gasteiger partial charge in [0.25, 0.3) is 11.8 Å². The number of hydrogen-bond acceptors (Lipinski definition) is 4. The minimum absolute atomic E-state index is 0.0182. The van der Waals surface area contributed by atoms with Crippen LogP contribution in [0.4, 0.5) is 10.1 Å². The molecule has 178 valence electrons. The number of benzene rings is 2. The molecular weight excluding hydrogens is 449 g/mol. The Morgan fingerprint density at radius 2 is 1.76 bits per heavy atom. The maximum absolute atomic E-state index is 14.1. The number of anilines is 1. The van der Waals surface area contributed by atoms with Crippen molar-refractivity contribution in [3.8, 4) is 0 Å². The fourth-order valence-corrected chi connectivity index (χ4v) is 6.26. The lowest BCUT2D eigenvalue weighted by molar-refractivity contribution is -0.114. The second kappa shape index (κ2) is 9.92. The van der Waals surface area contributed by atoms with Gasteiger partial charge < -0.3 is 9.80 Å². The van der Waals surface area contributed by atoms with E-state index in [1.165, 1.54) is 49.9 Å². The largest absolute Gasteiger partial charge is 0.336 e. The van der Waals surface area contributed by atoms with Gasteiger partial charge in [0, 0.05) is 55.3 Å². The van der Waals surface area contributed by atoms with Gasteiger partial charge in [-0.2, -0.15) is 0 Å². The second-order valence-corrected chi connectivity index (χ2v) is 10.4. The van der Waals surface area contributed by atoms with Crippen LogP contribution >= 0.6 is 11.8 Å². The smallest absolute Gasteiger partial charge is 0.264 e. The summed E-state index contributed by atoms with van der Waals surface area (Å²) in [6, 6.07) is 12.6. The van der Waals surface area contributed by atoms with Crippen molar-refractivity contribution in [1.29, 1.82) is 0 Å². The molecule has 5 nitrogen and oxygen atoms in total. The fourth-order valence-electron chi connectivity index (χ4n) is 5.18. The number of carbonyl (C=O) groups excluding carboxylic acids is 2. The molecule has 1 saturated carbocycles. The molecule has 1 aliphatic carbocycles. The van der Waals surface area contributed by atoms with Gasteiger partial charge in [-0.3, -0.25) is 14.5 Å². The molecule has 0 N–H and O–H groups in total. The summed E-state index contributed by atoms with van der Waals surface area (Å²) in [6.07, 6.45) is 8.14. The third-order valence-corrected chi connectivity index (χ3v) is 8.26. The van der Waals surface area contributed by atoms with E-state index in [0.29, 0.717) is 27.8 Å². The van der Waals surface area contributed by atoms with Gasteiger partial charge in [0.15, 0.2) is 0 Å². The van der Waals surface area contributed by atoms with Crippen LogP contribution in [0.15, 0.2) is 52.3 Å². The average molecular weight is 480 g/mol. The van der Waals surface area contributed by atoms with Crippen molar-refractivity contribution in [2.75, 3.05) is 38.1 Å². The van der Waals surface area contributed by atoms with E-state index < -0.39 is 0 Å². The third kappa shape index (κ3) is 4.64. The van der Waals surface area contributed by atoms with Crippen molar-refractivity contribution >= 4 is 35.3 Å². The third-order valence-electron chi connectivity index (χ3n) is 7.19. The number of likely N-dealkylation sites (N-methyl/N-ethyl adjacent to an activating group) is 1. The summed E-state index contributed by atoms with van der Waals surface area (Å²) in [5, 5.41) is 0. The number of thioether (sulfide) groups is 1. The highest BCUT2D eigenvalue weighted by molar-refractivity contribution is 8.04. The Morgan fingerprint density at radius 3 is 2.50 bits per heavy atom. The zero-order valence-electron chi connectivity index (χ0n) is 19.5. The molecular formula is C27H30FN3O2S. The molecule has 0 spiro atoms. The van der Waals surface area contributed by atoms with Gasteiger partial charge in [0.05, 0.1) is 10.6 Å². The van der Waals surface area contributed by atoms with Gasteiger partial charge in [-0.05, 0) is 43.2 Å². The van der Waals surface area contributed by atoms with Crippen molar-refractivity contribution in [2.24, 2.45) is 0 Å². The van der Waals surface area contributed by atoms with E-state index in [1.807, 2.05) is 23.1 Å². The monoisotopic (exact) mass is 479 g/mol. The molecule has 7 heteroatoms. The molecule has 0 unspecified atom stereocenters. The van der Waals surface area contributed by atoms with Crippen molar-refractivity contribution in [3.05, 3.63) is 64.3 Å². The van der Waals surface area contributed by atoms with E-state index in [-0.39, 0.29) is 17.6 Å². The number of hydrogen-bond donors (Lipinski definition) is 0. The maximum Gasteiger partial charge on any atom is 0.264 e. The maximum atomic E-state index is 14.1. The molecule has 2 amide bonds. The van der Waals surface area contributed by atoms with Gasteiger partial charge in [-0.25, -0.2) is 4.39 Å². The number of fused-ring (bicyclic) bond motifs is 1. The Labute approximate surface area is 204 Å². The summed E-state index contributed by atoms with van der Waals surface area (Å²) in [4.78, 5) is 33.6. The first kappa shape index (κ1) is 23.1. The van der Waals surface area contributed by atoms with E-state index in [9.17, 15) is 14.0 Å². The molecule has 34 heavy (non-hydrogen) atoms. The second-order valence-electron chi connectivity index (χ2n) is 9.30. The summed E-state index contributed by atoms with van der Waals surface area (Å²) in [5.41, 5.74) is 1.70. The summed E-state index contributed by atoms with van der Waals surface area (Å²) < 4.78 is 14.1. The Hall–Kier alpha value is -2.64. The summed E-state index contributed by atoms with van der Waals surface area (Å²) >= 11 is 1.32. The van der Waals surface area contributed by atoms with Crippen LogP contribution in [-0.4, -0.2) is 60.9 Å². The fraction of sp³-hybridized carbons (Fsp3) is 0.407. The minimum Gasteiger partial charge on any atom is -0.336 e. The number of amides is 2. The topological polar surface area (TPSA) is 43.9 Å². The predicted octanol–water partition coefficient (Wildman–Crippen LogP) is 5.03. The normalized spacial score (nSPS) is 21.1. The first-order valence-electron chi connectivity index (χ1n) is 12.1. The molecule has 3 aliphatic rings. The molecule has 2 aromatic rings. The van der Waals surface area contributed by atoms with Gasteiger partial charge in [-0.1, -0.05) is 49.2 Å². The zero-order valence-corrected chi connectivity index (χ0v) is 20.3. The van der Waals surface area contributed by atoms with Crippen molar-refractivity contribution in [1.82, 2.24) is 9.80 Å². The number of nitrogens with zero attached hydrogens (tertiary/aromatic N) is 3. The summed E-state index contributed by atoms with van der Waals surface area (Å²) in [7, 11) is 1.70. The standard InChI is InChI=1S/C27H30FN3O2S/c1-29-23-17-20(26(32)31-15-13-30(14-16-31)21-8-3-2-4-9-21)11-12-24(23)34-25(27(29)33)18-19-7-5-6-10-22(19)28/h5-7,10-12,17-18,21H,2-4,8-9,13-16H2,1H3. The highest BCUT2D eigenvalue weighted by Gasteiger charge is 2.30. The first-order chi connectivity index (χ1) is 16.5. The number of piperazine rings is 1. The molecule has 2 heterocycles. The zero-order chi connectivity index (χ0) is 23.7. The lowest BCUT2D eigenvalue weighted by Crippen LogP contribution is -2.52. The van der Waals surface area contributed by atoms with E-state index in [1.54, 1.807) is 36.2 Å². The highest BCUT2D eigenvalue weighted by atomic mass is 32.2. The summed E-state index contributed by atoms with van der Waals surface area (Å²) in [5.74, 6) is -0.544. The van der Waals surface area contributed by atoms with Crippen LogP contribution in [0.2, 0.25) is 0 Å². The Bertz CT molecular complexity index is 1120. The Kier molecular flexibility index (Phi) is 6.75. The van der Waals surface area contributed by atoms with Crippen molar-refractivity contribution in [2.45, 2.75) is 43.0 Å². The predicted molar refractivity (Wildman–Crippen MR) is 134 cm³/mol. The van der Waals surface area contributed by atoms with Crippen LogP contribution in [0.5, 0.6) is 0 Å². The average Bonchev–Trinajstić information content (AvgIpc) is 2.88. The van der Waals surface area contributed by atoms with Gasteiger partial charge in [0.2, 0.25) is 0 Å². The van der Waals surface area contributed by atoms with Gasteiger partial charge in [-0.15, -0.1) is 0 Å². The van der Waals surface area contributed by atoms with E-state index in [4.69, 9.17) is 0 Å². The number of carbonyl (C=O) groups is 2.